The van der Waals surface area contributed by atoms with Crippen LogP contribution in [0.4, 0.5) is 10.1 Å². The summed E-state index contributed by atoms with van der Waals surface area (Å²) in [6, 6.07) is 9.37. The van der Waals surface area contributed by atoms with Gasteiger partial charge in [0.25, 0.3) is 5.91 Å². The zero-order valence-corrected chi connectivity index (χ0v) is 9.63. The highest BCUT2D eigenvalue weighted by Crippen LogP contribution is 2.28. The SMILES string of the molecule is C=C(F)C(=O)Nc1csnc1-c1ccccc1. The highest BCUT2D eigenvalue weighted by atomic mass is 32.1. The molecule has 0 aliphatic heterocycles. The molecule has 0 aliphatic rings. The predicted octanol–water partition coefficient (Wildman–Crippen LogP) is 3.23. The highest BCUT2D eigenvalue weighted by Gasteiger charge is 2.12. The Hall–Kier alpha value is -2.01. The molecule has 0 bridgehead atoms. The molecule has 1 heterocycles. The van der Waals surface area contributed by atoms with E-state index in [4.69, 9.17) is 0 Å². The van der Waals surface area contributed by atoms with Gasteiger partial charge < -0.3 is 5.32 Å². The van der Waals surface area contributed by atoms with Gasteiger partial charge in [-0.2, -0.15) is 4.37 Å². The van der Waals surface area contributed by atoms with Crippen molar-refractivity contribution < 1.29 is 9.18 Å². The van der Waals surface area contributed by atoms with Crippen LogP contribution >= 0.6 is 11.5 Å². The average molecular weight is 248 g/mol. The summed E-state index contributed by atoms with van der Waals surface area (Å²) in [5, 5.41) is 4.08. The van der Waals surface area contributed by atoms with Gasteiger partial charge in [0.15, 0.2) is 5.83 Å². The van der Waals surface area contributed by atoms with Gasteiger partial charge in [0.05, 0.1) is 5.69 Å². The number of carbonyl (C=O) groups excluding carboxylic acids is 1. The quantitative estimate of drug-likeness (QED) is 0.847. The second-order valence-electron chi connectivity index (χ2n) is 3.30. The number of hydrogen-bond donors (Lipinski definition) is 1. The maximum Gasteiger partial charge on any atom is 0.283 e. The Morgan fingerprint density at radius 3 is 2.71 bits per heavy atom. The fourth-order valence-electron chi connectivity index (χ4n) is 1.32. The van der Waals surface area contributed by atoms with Gasteiger partial charge in [-0.05, 0) is 11.5 Å². The van der Waals surface area contributed by atoms with Crippen LogP contribution in [0.5, 0.6) is 0 Å². The van der Waals surface area contributed by atoms with E-state index >= 15 is 0 Å². The third-order valence-electron chi connectivity index (χ3n) is 2.11. The summed E-state index contributed by atoms with van der Waals surface area (Å²) in [4.78, 5) is 11.2. The lowest BCUT2D eigenvalue weighted by molar-refractivity contribution is -0.114. The standard InChI is InChI=1S/C12H9FN2OS/c1-8(13)12(16)14-10-7-17-15-11(10)9-5-3-2-4-6-9/h2-7H,1H2,(H,14,16). The van der Waals surface area contributed by atoms with Crippen LogP contribution in [0.3, 0.4) is 0 Å². The van der Waals surface area contributed by atoms with E-state index < -0.39 is 11.7 Å². The molecule has 1 aromatic carbocycles. The number of rotatable bonds is 3. The first-order chi connectivity index (χ1) is 8.18. The Morgan fingerprint density at radius 2 is 2.06 bits per heavy atom. The smallest absolute Gasteiger partial charge is 0.283 e. The van der Waals surface area contributed by atoms with Crippen molar-refractivity contribution in [2.24, 2.45) is 0 Å². The summed E-state index contributed by atoms with van der Waals surface area (Å²) >= 11 is 1.20. The lowest BCUT2D eigenvalue weighted by atomic mass is 10.1. The Morgan fingerprint density at radius 1 is 1.35 bits per heavy atom. The van der Waals surface area contributed by atoms with Gasteiger partial charge in [-0.1, -0.05) is 36.9 Å². The maximum atomic E-state index is 12.6. The second-order valence-corrected chi connectivity index (χ2v) is 3.93. The zero-order valence-electron chi connectivity index (χ0n) is 8.81. The number of anilines is 1. The lowest BCUT2D eigenvalue weighted by Gasteiger charge is -2.03. The van der Waals surface area contributed by atoms with Crippen molar-refractivity contribution in [1.82, 2.24) is 4.37 Å². The van der Waals surface area contributed by atoms with Crippen molar-refractivity contribution >= 4 is 23.1 Å². The van der Waals surface area contributed by atoms with Gasteiger partial charge in [0, 0.05) is 10.9 Å². The molecule has 3 nitrogen and oxygen atoms in total. The van der Waals surface area contributed by atoms with Crippen LogP contribution in [0.25, 0.3) is 11.3 Å². The summed E-state index contributed by atoms with van der Waals surface area (Å²) in [6.07, 6.45) is 0. The highest BCUT2D eigenvalue weighted by molar-refractivity contribution is 7.04. The first-order valence-electron chi connectivity index (χ1n) is 4.84. The molecule has 86 valence electrons. The second kappa shape index (κ2) is 4.88. The van der Waals surface area contributed by atoms with Crippen molar-refractivity contribution in [3.8, 4) is 11.3 Å². The van der Waals surface area contributed by atoms with Gasteiger partial charge in [-0.15, -0.1) is 0 Å². The topological polar surface area (TPSA) is 42.0 Å². The molecule has 17 heavy (non-hydrogen) atoms. The Kier molecular flexibility index (Phi) is 3.30. The number of nitrogens with zero attached hydrogens (tertiary/aromatic N) is 1. The molecule has 0 atom stereocenters. The molecule has 1 amide bonds. The van der Waals surface area contributed by atoms with E-state index in [1.807, 2.05) is 30.3 Å². The molecule has 0 saturated carbocycles. The van der Waals surface area contributed by atoms with E-state index in [9.17, 15) is 9.18 Å². The van der Waals surface area contributed by atoms with E-state index in [1.54, 1.807) is 5.38 Å². The van der Waals surface area contributed by atoms with E-state index in [1.165, 1.54) is 11.5 Å². The van der Waals surface area contributed by atoms with Crippen molar-refractivity contribution in [3.63, 3.8) is 0 Å². The Labute approximate surface area is 102 Å². The normalized spacial score (nSPS) is 9.94. The predicted molar refractivity (Wildman–Crippen MR) is 66.4 cm³/mol. The molecule has 2 aromatic rings. The van der Waals surface area contributed by atoms with E-state index in [0.717, 1.165) is 5.56 Å². The number of nitrogens with one attached hydrogen (secondary N) is 1. The summed E-state index contributed by atoms with van der Waals surface area (Å²) < 4.78 is 16.8. The number of amides is 1. The van der Waals surface area contributed by atoms with Crippen LogP contribution in [0.2, 0.25) is 0 Å². The van der Waals surface area contributed by atoms with Crippen LogP contribution in [-0.4, -0.2) is 10.3 Å². The van der Waals surface area contributed by atoms with Crippen LogP contribution in [0.1, 0.15) is 0 Å². The minimum absolute atomic E-state index is 0.491. The number of carbonyl (C=O) groups is 1. The largest absolute Gasteiger partial charge is 0.317 e. The number of halogens is 1. The minimum Gasteiger partial charge on any atom is -0.317 e. The molecule has 0 fully saturated rings. The van der Waals surface area contributed by atoms with Crippen LogP contribution in [0.15, 0.2) is 48.1 Å². The minimum atomic E-state index is -1.02. The third-order valence-corrected chi connectivity index (χ3v) is 2.74. The molecule has 2 rings (SSSR count). The molecule has 0 spiro atoms. The van der Waals surface area contributed by atoms with E-state index in [0.29, 0.717) is 11.4 Å². The van der Waals surface area contributed by atoms with Gasteiger partial charge in [0.2, 0.25) is 0 Å². The molecule has 0 saturated heterocycles. The summed E-state index contributed by atoms with van der Waals surface area (Å²) in [6.45, 7) is 2.94. The Balaban J connectivity index is 2.30. The molecule has 5 heteroatoms. The zero-order chi connectivity index (χ0) is 12.3. The fourth-order valence-corrected chi connectivity index (χ4v) is 1.96. The molecular formula is C12H9FN2OS. The molecule has 1 aromatic heterocycles. The van der Waals surface area contributed by atoms with Crippen LogP contribution in [-0.2, 0) is 4.79 Å². The van der Waals surface area contributed by atoms with E-state index in [-0.39, 0.29) is 0 Å². The summed E-state index contributed by atoms with van der Waals surface area (Å²) in [5.74, 6) is -1.86. The first kappa shape index (κ1) is 11.5. The van der Waals surface area contributed by atoms with Gasteiger partial charge in [-0.3, -0.25) is 4.79 Å². The van der Waals surface area contributed by atoms with Crippen LogP contribution < -0.4 is 5.32 Å². The number of benzene rings is 1. The molecule has 0 aliphatic carbocycles. The first-order valence-corrected chi connectivity index (χ1v) is 5.67. The Bertz CT molecular complexity index is 551. The average Bonchev–Trinajstić information content (AvgIpc) is 2.78. The van der Waals surface area contributed by atoms with E-state index in [2.05, 4.69) is 16.3 Å². The number of aromatic nitrogens is 1. The molecule has 0 radical (unpaired) electrons. The van der Waals surface area contributed by atoms with Crippen molar-refractivity contribution in [2.45, 2.75) is 0 Å². The van der Waals surface area contributed by atoms with Gasteiger partial charge in [0.1, 0.15) is 5.69 Å². The maximum absolute atomic E-state index is 12.6. The van der Waals surface area contributed by atoms with Gasteiger partial charge >= 0.3 is 0 Å². The lowest BCUT2D eigenvalue weighted by Crippen LogP contribution is -2.11. The number of hydrogen-bond acceptors (Lipinski definition) is 3. The van der Waals surface area contributed by atoms with Crippen molar-refractivity contribution in [2.75, 3.05) is 5.32 Å². The van der Waals surface area contributed by atoms with Crippen molar-refractivity contribution in [3.05, 3.63) is 48.1 Å². The van der Waals surface area contributed by atoms with Gasteiger partial charge in [-0.25, -0.2) is 4.39 Å². The third kappa shape index (κ3) is 2.57. The molecule has 0 unspecified atom stereocenters. The summed E-state index contributed by atoms with van der Waals surface area (Å²) in [5.41, 5.74) is 1.99. The van der Waals surface area contributed by atoms with Crippen molar-refractivity contribution in [1.29, 1.82) is 0 Å². The monoisotopic (exact) mass is 248 g/mol. The molecular weight excluding hydrogens is 239 g/mol. The summed E-state index contributed by atoms with van der Waals surface area (Å²) in [7, 11) is 0. The van der Waals surface area contributed by atoms with Crippen LogP contribution in [0, 0.1) is 0 Å². The molecule has 1 N–H and O–H groups in total. The fraction of sp³-hybridized carbons (Fsp3) is 0.